The van der Waals surface area contributed by atoms with Crippen molar-refractivity contribution in [2.45, 2.75) is 0 Å². The van der Waals surface area contributed by atoms with E-state index >= 15 is 0 Å². The van der Waals surface area contributed by atoms with Crippen LogP contribution >= 0.6 is 11.3 Å². The Balaban J connectivity index is 1.55. The molecule has 1 aliphatic heterocycles. The van der Waals surface area contributed by atoms with Gasteiger partial charge in [-0.25, -0.2) is 4.98 Å². The molecule has 4 aromatic rings. The minimum atomic E-state index is -0.183. The summed E-state index contributed by atoms with van der Waals surface area (Å²) in [5.41, 5.74) is 3.01. The summed E-state index contributed by atoms with van der Waals surface area (Å²) in [4.78, 5) is 17.5. The van der Waals surface area contributed by atoms with Crippen LogP contribution in [0.15, 0.2) is 72.8 Å². The monoisotopic (exact) mass is 400 g/mol. The molecule has 0 spiro atoms. The Morgan fingerprint density at radius 3 is 2.62 bits per heavy atom. The SMILES string of the molecule is O=C(N/C(=C\c1ccc2c(c1)OCO2)c1nc2ccccc2s1)c1ccccc1. The topological polar surface area (TPSA) is 60.5 Å². The molecule has 5 nitrogen and oxygen atoms in total. The minimum absolute atomic E-state index is 0.183. The predicted octanol–water partition coefficient (Wildman–Crippen LogP) is 4.95. The highest BCUT2D eigenvalue weighted by Crippen LogP contribution is 2.34. The molecule has 0 radical (unpaired) electrons. The summed E-state index contributed by atoms with van der Waals surface area (Å²) in [5.74, 6) is 1.23. The number of amides is 1. The molecular formula is C23H16N2O3S. The predicted molar refractivity (Wildman–Crippen MR) is 114 cm³/mol. The lowest BCUT2D eigenvalue weighted by atomic mass is 10.1. The summed E-state index contributed by atoms with van der Waals surface area (Å²) in [6.45, 7) is 0.220. The lowest BCUT2D eigenvalue weighted by molar-refractivity contribution is 0.0974. The van der Waals surface area contributed by atoms with Crippen molar-refractivity contribution < 1.29 is 14.3 Å². The van der Waals surface area contributed by atoms with Crippen LogP contribution < -0.4 is 14.8 Å². The highest BCUT2D eigenvalue weighted by atomic mass is 32.1. The van der Waals surface area contributed by atoms with Crippen molar-refractivity contribution >= 4 is 39.2 Å². The van der Waals surface area contributed by atoms with Crippen molar-refractivity contribution in [1.29, 1.82) is 0 Å². The molecule has 142 valence electrons. The molecule has 1 aromatic heterocycles. The smallest absolute Gasteiger partial charge is 0.255 e. The van der Waals surface area contributed by atoms with Gasteiger partial charge in [0.25, 0.3) is 5.91 Å². The molecule has 5 rings (SSSR count). The minimum Gasteiger partial charge on any atom is -0.454 e. The number of hydrogen-bond acceptors (Lipinski definition) is 5. The van der Waals surface area contributed by atoms with E-state index in [1.54, 1.807) is 12.1 Å². The molecular weight excluding hydrogens is 384 g/mol. The Hall–Kier alpha value is -3.64. The number of carbonyl (C=O) groups is 1. The summed E-state index contributed by atoms with van der Waals surface area (Å²) in [6, 6.07) is 22.7. The molecule has 6 heteroatoms. The first-order valence-electron chi connectivity index (χ1n) is 9.10. The van der Waals surface area contributed by atoms with Crippen LogP contribution in [0.2, 0.25) is 0 Å². The number of para-hydroxylation sites is 1. The normalized spacial score (nSPS) is 12.9. The van der Waals surface area contributed by atoms with Gasteiger partial charge in [-0.3, -0.25) is 4.79 Å². The van der Waals surface area contributed by atoms with Crippen molar-refractivity contribution in [2.75, 3.05) is 6.79 Å². The van der Waals surface area contributed by atoms with Crippen LogP contribution in [0.4, 0.5) is 0 Å². The molecule has 0 unspecified atom stereocenters. The maximum Gasteiger partial charge on any atom is 0.255 e. The fourth-order valence-electron chi connectivity index (χ4n) is 3.09. The first-order valence-corrected chi connectivity index (χ1v) is 9.92. The molecule has 2 heterocycles. The molecule has 0 aliphatic carbocycles. The van der Waals surface area contributed by atoms with E-state index < -0.39 is 0 Å². The number of fused-ring (bicyclic) bond motifs is 2. The zero-order valence-electron chi connectivity index (χ0n) is 15.3. The quantitative estimate of drug-likeness (QED) is 0.526. The maximum atomic E-state index is 12.8. The van der Waals surface area contributed by atoms with E-state index in [4.69, 9.17) is 14.5 Å². The third-order valence-corrected chi connectivity index (χ3v) is 5.59. The van der Waals surface area contributed by atoms with Gasteiger partial charge in [-0.15, -0.1) is 11.3 Å². The van der Waals surface area contributed by atoms with Crippen molar-refractivity contribution in [3.63, 3.8) is 0 Å². The average Bonchev–Trinajstić information content (AvgIpc) is 3.40. The van der Waals surface area contributed by atoms with E-state index in [0.717, 1.165) is 26.5 Å². The summed E-state index contributed by atoms with van der Waals surface area (Å²) < 4.78 is 11.9. The lowest BCUT2D eigenvalue weighted by Gasteiger charge is -2.08. The highest BCUT2D eigenvalue weighted by Gasteiger charge is 2.16. The average molecular weight is 400 g/mol. The lowest BCUT2D eigenvalue weighted by Crippen LogP contribution is -2.21. The molecule has 0 saturated heterocycles. The van der Waals surface area contributed by atoms with Gasteiger partial charge in [0.05, 0.1) is 15.9 Å². The number of nitrogens with one attached hydrogen (secondary N) is 1. The summed E-state index contributed by atoms with van der Waals surface area (Å²) in [5, 5.41) is 3.77. The van der Waals surface area contributed by atoms with Gasteiger partial charge in [-0.1, -0.05) is 36.4 Å². The molecule has 0 fully saturated rings. The molecule has 29 heavy (non-hydrogen) atoms. The molecule has 0 atom stereocenters. The Morgan fingerprint density at radius 2 is 1.76 bits per heavy atom. The second-order valence-corrected chi connectivity index (χ2v) is 7.51. The standard InChI is InChI=1S/C23H16N2O3S/c26-22(16-6-2-1-3-7-16)24-18(23-25-17-8-4-5-9-21(17)29-23)12-15-10-11-19-20(13-15)28-14-27-19/h1-13H,14H2,(H,24,26)/b18-12-. The number of rotatable bonds is 4. The second kappa shape index (κ2) is 7.41. The van der Waals surface area contributed by atoms with Crippen LogP contribution in [-0.4, -0.2) is 17.7 Å². The number of nitrogens with zero attached hydrogens (tertiary/aromatic N) is 1. The summed E-state index contributed by atoms with van der Waals surface area (Å²) in [7, 11) is 0. The van der Waals surface area contributed by atoms with Crippen molar-refractivity contribution in [3.05, 3.63) is 88.9 Å². The largest absolute Gasteiger partial charge is 0.454 e. The fraction of sp³-hybridized carbons (Fsp3) is 0.0435. The van der Waals surface area contributed by atoms with Gasteiger partial charge in [0, 0.05) is 5.56 Å². The molecule has 3 aromatic carbocycles. The molecule has 1 amide bonds. The third kappa shape index (κ3) is 3.58. The van der Waals surface area contributed by atoms with Gasteiger partial charge < -0.3 is 14.8 Å². The number of hydrogen-bond donors (Lipinski definition) is 1. The molecule has 1 aliphatic rings. The zero-order chi connectivity index (χ0) is 19.6. The molecule has 0 bridgehead atoms. The Kier molecular flexibility index (Phi) is 4.46. The Morgan fingerprint density at radius 1 is 0.966 bits per heavy atom. The number of ether oxygens (including phenoxy) is 2. The van der Waals surface area contributed by atoms with Crippen LogP contribution in [0.1, 0.15) is 20.9 Å². The maximum absolute atomic E-state index is 12.8. The third-order valence-electron chi connectivity index (χ3n) is 4.52. The van der Waals surface area contributed by atoms with Gasteiger partial charge in [0.1, 0.15) is 5.01 Å². The fourth-order valence-corrected chi connectivity index (χ4v) is 4.03. The Bertz CT molecular complexity index is 1200. The van der Waals surface area contributed by atoms with Gasteiger partial charge in [-0.05, 0) is 48.0 Å². The first kappa shape index (κ1) is 17.5. The zero-order valence-corrected chi connectivity index (χ0v) is 16.1. The summed E-state index contributed by atoms with van der Waals surface area (Å²) >= 11 is 1.54. The van der Waals surface area contributed by atoms with Gasteiger partial charge in [0.15, 0.2) is 11.5 Å². The first-order chi connectivity index (χ1) is 14.3. The number of carbonyl (C=O) groups excluding carboxylic acids is 1. The van der Waals surface area contributed by atoms with Crippen molar-refractivity contribution in [3.8, 4) is 11.5 Å². The van der Waals surface area contributed by atoms with E-state index in [1.807, 2.05) is 66.7 Å². The van der Waals surface area contributed by atoms with Crippen molar-refractivity contribution in [2.24, 2.45) is 0 Å². The second-order valence-electron chi connectivity index (χ2n) is 6.48. The van der Waals surface area contributed by atoms with Crippen LogP contribution in [0, 0.1) is 0 Å². The number of thiazole rings is 1. The van der Waals surface area contributed by atoms with Crippen LogP contribution in [-0.2, 0) is 0 Å². The number of benzene rings is 3. The van der Waals surface area contributed by atoms with Crippen LogP contribution in [0.3, 0.4) is 0 Å². The van der Waals surface area contributed by atoms with Gasteiger partial charge in [0.2, 0.25) is 6.79 Å². The molecule has 0 saturated carbocycles. The van der Waals surface area contributed by atoms with Crippen LogP contribution in [0.25, 0.3) is 22.0 Å². The van der Waals surface area contributed by atoms with E-state index in [1.165, 1.54) is 11.3 Å². The van der Waals surface area contributed by atoms with Gasteiger partial charge in [-0.2, -0.15) is 0 Å². The highest BCUT2D eigenvalue weighted by molar-refractivity contribution is 7.19. The summed E-state index contributed by atoms with van der Waals surface area (Å²) in [6.07, 6.45) is 1.90. The van der Waals surface area contributed by atoms with Gasteiger partial charge >= 0.3 is 0 Å². The van der Waals surface area contributed by atoms with Crippen LogP contribution in [0.5, 0.6) is 11.5 Å². The van der Waals surface area contributed by atoms with E-state index in [0.29, 0.717) is 17.0 Å². The van der Waals surface area contributed by atoms with E-state index in [-0.39, 0.29) is 12.7 Å². The molecule has 1 N–H and O–H groups in total. The van der Waals surface area contributed by atoms with E-state index in [2.05, 4.69) is 5.32 Å². The Labute approximate surface area is 171 Å². The van der Waals surface area contributed by atoms with Crippen molar-refractivity contribution in [1.82, 2.24) is 10.3 Å². The number of aromatic nitrogens is 1. The van der Waals surface area contributed by atoms with E-state index in [9.17, 15) is 4.79 Å².